The molecule has 9 nitrogen and oxygen atoms in total. The fraction of sp³-hybridized carbons (Fsp3) is 0.304. The Morgan fingerprint density at radius 1 is 1.03 bits per heavy atom. The van der Waals surface area contributed by atoms with E-state index in [0.29, 0.717) is 23.9 Å². The lowest BCUT2D eigenvalue weighted by atomic mass is 10.1. The molecule has 0 aliphatic rings. The first kappa shape index (κ1) is 24.0. The van der Waals surface area contributed by atoms with Gasteiger partial charge in [-0.25, -0.2) is 9.78 Å². The van der Waals surface area contributed by atoms with Crippen LogP contribution in [-0.2, 0) is 22.6 Å². The van der Waals surface area contributed by atoms with Crippen molar-refractivity contribution in [1.29, 1.82) is 0 Å². The molecule has 0 unspecified atom stereocenters. The fourth-order valence-electron chi connectivity index (χ4n) is 3.04. The third-order valence-corrected chi connectivity index (χ3v) is 4.80. The molecule has 3 aromatic rings. The average Bonchev–Trinajstić information content (AvgIpc) is 3.24. The average molecular weight is 469 g/mol. The lowest BCUT2D eigenvalue weighted by Crippen LogP contribution is -2.37. The number of aromatic nitrogens is 2. The zero-order valence-electron chi connectivity index (χ0n) is 18.8. The van der Waals surface area contributed by atoms with Gasteiger partial charge < -0.3 is 31.0 Å². The number of benzene rings is 1. The van der Waals surface area contributed by atoms with E-state index in [1.165, 1.54) is 0 Å². The number of aromatic amines is 1. The highest BCUT2D eigenvalue weighted by atomic mass is 32.1. The van der Waals surface area contributed by atoms with Crippen LogP contribution in [0, 0.1) is 0 Å². The lowest BCUT2D eigenvalue weighted by Gasteiger charge is -2.19. The molecule has 5 N–H and O–H groups in total. The van der Waals surface area contributed by atoms with E-state index in [2.05, 4.69) is 31.2 Å². The monoisotopic (exact) mass is 468 g/mol. The van der Waals surface area contributed by atoms with Gasteiger partial charge in [0, 0.05) is 36.6 Å². The van der Waals surface area contributed by atoms with Gasteiger partial charge in [0.1, 0.15) is 17.8 Å². The number of rotatable bonds is 7. The number of hydrogen-bond acceptors (Lipinski definition) is 5. The quantitative estimate of drug-likeness (QED) is 0.338. The minimum absolute atomic E-state index is 0.198. The Bertz CT molecular complexity index is 1140. The molecular weight excluding hydrogens is 440 g/mol. The number of nitrogens with one attached hydrogen (secondary N) is 5. The number of hydrogen-bond donors (Lipinski definition) is 5. The molecule has 2 aromatic heterocycles. The van der Waals surface area contributed by atoms with E-state index >= 15 is 0 Å². The molecule has 0 atom stereocenters. The van der Waals surface area contributed by atoms with E-state index in [9.17, 15) is 9.59 Å². The molecule has 3 rings (SSSR count). The van der Waals surface area contributed by atoms with Crippen LogP contribution in [0.1, 0.15) is 31.9 Å². The Balaban J connectivity index is 1.48. The number of carbonyl (C=O) groups is 2. The highest BCUT2D eigenvalue weighted by Crippen LogP contribution is 2.16. The standard InChI is InChI=1S/C23H28N6O3S/c1-23(2,3)32-22(31)28-14-19(30)29-18-7-5-4-6-16(18)13-27-21(33)26-12-15-8-10-24-20-17(15)9-11-25-20/h4-11H,12-14H2,1-3H3,(H,24,25)(H,28,31)(H,29,30)(H2,26,27,33). The second-order valence-electron chi connectivity index (χ2n) is 8.31. The molecule has 1 aromatic carbocycles. The van der Waals surface area contributed by atoms with Crippen molar-refractivity contribution >= 4 is 46.1 Å². The van der Waals surface area contributed by atoms with Gasteiger partial charge in [0.2, 0.25) is 5.91 Å². The fourth-order valence-corrected chi connectivity index (χ4v) is 3.19. The largest absolute Gasteiger partial charge is 0.444 e. The van der Waals surface area contributed by atoms with Crippen molar-refractivity contribution in [2.24, 2.45) is 0 Å². The van der Waals surface area contributed by atoms with Gasteiger partial charge in [-0.1, -0.05) is 18.2 Å². The first-order chi connectivity index (χ1) is 15.7. The number of H-pyrrole nitrogens is 1. The van der Waals surface area contributed by atoms with Crippen LogP contribution in [0.5, 0.6) is 0 Å². The van der Waals surface area contributed by atoms with Crippen LogP contribution in [0.3, 0.4) is 0 Å². The Labute approximate surface area is 197 Å². The molecule has 0 saturated carbocycles. The van der Waals surface area contributed by atoms with Crippen molar-refractivity contribution in [3.63, 3.8) is 0 Å². The molecule has 0 aliphatic heterocycles. The van der Waals surface area contributed by atoms with Crippen molar-refractivity contribution < 1.29 is 14.3 Å². The van der Waals surface area contributed by atoms with Crippen LogP contribution in [-0.4, -0.2) is 39.2 Å². The molecule has 0 radical (unpaired) electrons. The Morgan fingerprint density at radius 2 is 1.76 bits per heavy atom. The molecule has 0 spiro atoms. The Hall–Kier alpha value is -3.66. The highest BCUT2D eigenvalue weighted by Gasteiger charge is 2.17. The molecule has 0 bridgehead atoms. The zero-order valence-corrected chi connectivity index (χ0v) is 19.6. The van der Waals surface area contributed by atoms with E-state index in [1.54, 1.807) is 33.0 Å². The van der Waals surface area contributed by atoms with E-state index in [4.69, 9.17) is 17.0 Å². The summed E-state index contributed by atoms with van der Waals surface area (Å²) >= 11 is 5.40. The number of carbonyl (C=O) groups excluding carboxylic acids is 2. The highest BCUT2D eigenvalue weighted by molar-refractivity contribution is 7.80. The predicted molar refractivity (Wildman–Crippen MR) is 132 cm³/mol. The summed E-state index contributed by atoms with van der Waals surface area (Å²) in [5.74, 6) is -0.359. The van der Waals surface area contributed by atoms with Crippen molar-refractivity contribution in [3.05, 3.63) is 59.9 Å². The summed E-state index contributed by atoms with van der Waals surface area (Å²) in [5, 5.41) is 13.1. The molecule has 174 valence electrons. The smallest absolute Gasteiger partial charge is 0.408 e. The SMILES string of the molecule is CC(C)(C)OC(=O)NCC(=O)Nc1ccccc1CNC(=S)NCc1ccnc2[nH]ccc12. The van der Waals surface area contributed by atoms with Crippen molar-refractivity contribution in [2.75, 3.05) is 11.9 Å². The summed E-state index contributed by atoms with van der Waals surface area (Å²) in [5.41, 5.74) is 2.77. The second kappa shape index (κ2) is 10.8. The summed E-state index contributed by atoms with van der Waals surface area (Å²) in [6.45, 7) is 6.04. The number of alkyl carbamates (subject to hydrolysis) is 1. The Kier molecular flexibility index (Phi) is 7.83. The minimum Gasteiger partial charge on any atom is -0.444 e. The first-order valence-corrected chi connectivity index (χ1v) is 10.9. The van der Waals surface area contributed by atoms with Gasteiger partial charge in [0.25, 0.3) is 0 Å². The van der Waals surface area contributed by atoms with Crippen molar-refractivity contribution in [2.45, 2.75) is 39.5 Å². The molecule has 33 heavy (non-hydrogen) atoms. The number of ether oxygens (including phenoxy) is 1. The normalized spacial score (nSPS) is 11.0. The third-order valence-electron chi connectivity index (χ3n) is 4.51. The molecule has 0 fully saturated rings. The predicted octanol–water partition coefficient (Wildman–Crippen LogP) is 3.19. The molecule has 0 aliphatic carbocycles. The van der Waals surface area contributed by atoms with Crippen LogP contribution in [0.25, 0.3) is 11.0 Å². The first-order valence-electron chi connectivity index (χ1n) is 10.5. The summed E-state index contributed by atoms with van der Waals surface area (Å²) in [4.78, 5) is 31.4. The maximum Gasteiger partial charge on any atom is 0.408 e. The number of anilines is 1. The second-order valence-corrected chi connectivity index (χ2v) is 8.72. The van der Waals surface area contributed by atoms with E-state index in [1.807, 2.05) is 36.5 Å². The van der Waals surface area contributed by atoms with Crippen LogP contribution >= 0.6 is 12.2 Å². The summed E-state index contributed by atoms with van der Waals surface area (Å²) in [7, 11) is 0. The van der Waals surface area contributed by atoms with Gasteiger partial charge in [-0.15, -0.1) is 0 Å². The third kappa shape index (κ3) is 7.46. The number of thiocarbonyl (C=S) groups is 1. The minimum atomic E-state index is -0.643. The van der Waals surface area contributed by atoms with Gasteiger partial charge in [0.15, 0.2) is 5.11 Å². The summed E-state index contributed by atoms with van der Waals surface area (Å²) < 4.78 is 5.13. The van der Waals surface area contributed by atoms with Gasteiger partial charge >= 0.3 is 6.09 Å². The van der Waals surface area contributed by atoms with Crippen molar-refractivity contribution in [3.8, 4) is 0 Å². The lowest BCUT2D eigenvalue weighted by molar-refractivity contribution is -0.115. The number of amides is 2. The van der Waals surface area contributed by atoms with E-state index < -0.39 is 11.7 Å². The Morgan fingerprint density at radius 3 is 2.52 bits per heavy atom. The van der Waals surface area contributed by atoms with Gasteiger partial charge in [-0.3, -0.25) is 4.79 Å². The maximum absolute atomic E-state index is 12.3. The van der Waals surface area contributed by atoms with E-state index in [-0.39, 0.29) is 12.5 Å². The molecule has 0 saturated heterocycles. The number of para-hydroxylation sites is 1. The van der Waals surface area contributed by atoms with E-state index in [0.717, 1.165) is 22.2 Å². The topological polar surface area (TPSA) is 120 Å². The zero-order chi connectivity index (χ0) is 23.8. The summed E-state index contributed by atoms with van der Waals surface area (Å²) in [6, 6.07) is 11.3. The molecule has 2 heterocycles. The molecule has 2 amide bonds. The number of nitrogens with zero attached hydrogens (tertiary/aromatic N) is 1. The van der Waals surface area contributed by atoms with Crippen LogP contribution in [0.2, 0.25) is 0 Å². The van der Waals surface area contributed by atoms with Crippen LogP contribution in [0.4, 0.5) is 10.5 Å². The van der Waals surface area contributed by atoms with Gasteiger partial charge in [-0.2, -0.15) is 0 Å². The van der Waals surface area contributed by atoms with Crippen LogP contribution in [0.15, 0.2) is 48.8 Å². The number of pyridine rings is 1. The number of fused-ring (bicyclic) bond motifs is 1. The molecular formula is C23H28N6O3S. The summed E-state index contributed by atoms with van der Waals surface area (Å²) in [6.07, 6.45) is 2.96. The maximum atomic E-state index is 12.3. The molecule has 10 heteroatoms. The van der Waals surface area contributed by atoms with Crippen molar-refractivity contribution in [1.82, 2.24) is 25.9 Å². The van der Waals surface area contributed by atoms with Gasteiger partial charge in [0.05, 0.1) is 0 Å². The van der Waals surface area contributed by atoms with Crippen LogP contribution < -0.4 is 21.3 Å². The van der Waals surface area contributed by atoms with Gasteiger partial charge in [-0.05, 0) is 62.3 Å².